The zero-order valence-electron chi connectivity index (χ0n) is 18.1. The van der Waals surface area contributed by atoms with Crippen molar-refractivity contribution in [3.8, 4) is 11.5 Å². The minimum Gasteiger partial charge on any atom is -0.493 e. The number of carbonyl (C=O) groups is 3. The summed E-state index contributed by atoms with van der Waals surface area (Å²) < 4.78 is 10.5. The molecule has 172 valence electrons. The van der Waals surface area contributed by atoms with Crippen LogP contribution in [0, 0.1) is 5.92 Å². The number of hydrogen-bond donors (Lipinski definition) is 4. The van der Waals surface area contributed by atoms with Crippen molar-refractivity contribution in [2.75, 3.05) is 26.6 Å². The average molecular weight is 464 g/mol. The molecule has 11 heteroatoms. The van der Waals surface area contributed by atoms with E-state index in [1.807, 2.05) is 0 Å². The number of ether oxygens (including phenoxy) is 2. The number of halogens is 1. The van der Waals surface area contributed by atoms with Crippen LogP contribution in [0.4, 0.5) is 5.69 Å². The molecule has 0 atom stereocenters. The van der Waals surface area contributed by atoms with E-state index in [-0.39, 0.29) is 29.3 Å². The van der Waals surface area contributed by atoms with Crippen LogP contribution in [-0.2, 0) is 4.79 Å². The number of benzene rings is 1. The maximum absolute atomic E-state index is 12.8. The number of hydrogen-bond acceptors (Lipinski definition) is 6. The van der Waals surface area contributed by atoms with Crippen molar-refractivity contribution >= 4 is 35.0 Å². The Kier molecular flexibility index (Phi) is 7.57. The lowest BCUT2D eigenvalue weighted by molar-refractivity contribution is -0.120. The first-order valence-electron chi connectivity index (χ1n) is 10.2. The first-order valence-corrected chi connectivity index (χ1v) is 10.5. The van der Waals surface area contributed by atoms with Crippen LogP contribution in [0.2, 0.25) is 5.02 Å². The summed E-state index contributed by atoms with van der Waals surface area (Å²) in [6.07, 6.45) is 3.77. The van der Waals surface area contributed by atoms with Crippen LogP contribution in [0.25, 0.3) is 0 Å². The van der Waals surface area contributed by atoms with Crippen LogP contribution in [0.3, 0.4) is 0 Å². The molecule has 0 saturated heterocycles. The molecule has 10 nitrogen and oxygen atoms in total. The zero-order valence-corrected chi connectivity index (χ0v) is 18.8. The number of amides is 3. The monoisotopic (exact) mass is 463 g/mol. The highest BCUT2D eigenvalue weighted by Crippen LogP contribution is 2.36. The molecule has 3 rings (SSSR count). The second-order valence-corrected chi connectivity index (χ2v) is 7.81. The van der Waals surface area contributed by atoms with Crippen LogP contribution in [0.5, 0.6) is 11.5 Å². The molecule has 2 aromatic rings. The number of imidazole rings is 1. The van der Waals surface area contributed by atoms with Crippen molar-refractivity contribution in [2.45, 2.75) is 31.7 Å². The molecule has 1 aromatic heterocycles. The Morgan fingerprint density at radius 3 is 2.34 bits per heavy atom. The highest BCUT2D eigenvalue weighted by Gasteiger charge is 2.29. The maximum Gasteiger partial charge on any atom is 0.272 e. The number of H-pyrrole nitrogens is 1. The van der Waals surface area contributed by atoms with Gasteiger partial charge in [-0.15, -0.1) is 0 Å². The van der Waals surface area contributed by atoms with Gasteiger partial charge in [-0.1, -0.05) is 11.6 Å². The lowest BCUT2D eigenvalue weighted by Gasteiger charge is -2.28. The second-order valence-electron chi connectivity index (χ2n) is 7.40. The molecule has 4 N–H and O–H groups in total. The third kappa shape index (κ3) is 5.13. The van der Waals surface area contributed by atoms with Crippen molar-refractivity contribution in [2.24, 2.45) is 5.92 Å². The van der Waals surface area contributed by atoms with Gasteiger partial charge < -0.3 is 30.4 Å². The van der Waals surface area contributed by atoms with Gasteiger partial charge in [-0.2, -0.15) is 0 Å². The Morgan fingerprint density at radius 2 is 1.72 bits per heavy atom. The van der Waals surface area contributed by atoms with E-state index in [9.17, 15) is 14.4 Å². The summed E-state index contributed by atoms with van der Waals surface area (Å²) in [6.45, 7) is 0. The minimum absolute atomic E-state index is 0.0484. The Hall–Kier alpha value is -3.27. The van der Waals surface area contributed by atoms with E-state index in [0.717, 1.165) is 0 Å². The fraction of sp³-hybridized carbons (Fsp3) is 0.429. The van der Waals surface area contributed by atoms with Gasteiger partial charge in [-0.3, -0.25) is 14.4 Å². The Bertz CT molecular complexity index is 1000. The molecule has 1 aliphatic rings. The lowest BCUT2D eigenvalue weighted by Crippen LogP contribution is -2.40. The van der Waals surface area contributed by atoms with E-state index in [4.69, 9.17) is 21.1 Å². The molecule has 0 spiro atoms. The molecular weight excluding hydrogens is 438 g/mol. The molecule has 32 heavy (non-hydrogen) atoms. The summed E-state index contributed by atoms with van der Waals surface area (Å²) in [7, 11) is 4.50. The highest BCUT2D eigenvalue weighted by atomic mass is 35.5. The third-order valence-electron chi connectivity index (χ3n) is 5.47. The number of methoxy groups -OCH3 is 2. The van der Waals surface area contributed by atoms with Gasteiger partial charge in [0.15, 0.2) is 17.2 Å². The van der Waals surface area contributed by atoms with Gasteiger partial charge in [0.2, 0.25) is 5.91 Å². The van der Waals surface area contributed by atoms with Crippen LogP contribution < -0.4 is 25.4 Å². The van der Waals surface area contributed by atoms with Gasteiger partial charge in [0, 0.05) is 31.1 Å². The van der Waals surface area contributed by atoms with Gasteiger partial charge in [-0.05, 0) is 25.7 Å². The fourth-order valence-corrected chi connectivity index (χ4v) is 3.90. The minimum atomic E-state index is -0.421. The van der Waals surface area contributed by atoms with Crippen molar-refractivity contribution in [3.63, 3.8) is 0 Å². The van der Waals surface area contributed by atoms with Crippen molar-refractivity contribution in [3.05, 3.63) is 34.9 Å². The number of rotatable bonds is 7. The largest absolute Gasteiger partial charge is 0.493 e. The predicted octanol–water partition coefficient (Wildman–Crippen LogP) is 2.37. The number of aromatic amines is 1. The lowest BCUT2D eigenvalue weighted by atomic mass is 9.85. The van der Waals surface area contributed by atoms with E-state index in [1.54, 1.807) is 12.1 Å². The topological polar surface area (TPSA) is 134 Å². The van der Waals surface area contributed by atoms with Crippen LogP contribution in [0.1, 0.15) is 46.7 Å². The Balaban J connectivity index is 1.56. The average Bonchev–Trinajstić information content (AvgIpc) is 3.30. The smallest absolute Gasteiger partial charge is 0.272 e. The highest BCUT2D eigenvalue weighted by molar-refractivity contribution is 6.34. The molecular formula is C21H26ClN5O5. The SMILES string of the molecule is CNC(=O)c1[nH]cnc1C(=O)NC1CCC(C(=O)Nc2cc(OC)c(OC)cc2Cl)CC1. The number of anilines is 1. The number of nitrogens with zero attached hydrogens (tertiary/aromatic N) is 1. The molecule has 1 saturated carbocycles. The Labute approximate surface area is 190 Å². The maximum atomic E-state index is 12.8. The van der Waals surface area contributed by atoms with Gasteiger partial charge >= 0.3 is 0 Å². The predicted molar refractivity (Wildman–Crippen MR) is 118 cm³/mol. The summed E-state index contributed by atoms with van der Waals surface area (Å²) in [4.78, 5) is 43.7. The summed E-state index contributed by atoms with van der Waals surface area (Å²) in [5, 5.41) is 8.57. The van der Waals surface area contributed by atoms with Gasteiger partial charge in [-0.25, -0.2) is 4.98 Å². The molecule has 1 fully saturated rings. The van der Waals surface area contributed by atoms with E-state index < -0.39 is 11.8 Å². The standard InChI is InChI=1S/C21H26ClN5O5/c1-23-20(29)17-18(25-10-24-17)21(30)26-12-6-4-11(5-7-12)19(28)27-14-9-16(32-3)15(31-2)8-13(14)22/h8-12H,4-7H2,1-3H3,(H,23,29)(H,24,25)(H,26,30)(H,27,28). The van der Waals surface area contributed by atoms with Crippen LogP contribution in [0.15, 0.2) is 18.5 Å². The zero-order chi connectivity index (χ0) is 23.3. The summed E-state index contributed by atoms with van der Waals surface area (Å²) in [5.74, 6) is -0.245. The number of carbonyl (C=O) groups excluding carboxylic acids is 3. The molecule has 1 aromatic carbocycles. The summed E-state index contributed by atoms with van der Waals surface area (Å²) in [5.41, 5.74) is 0.613. The van der Waals surface area contributed by atoms with Gasteiger partial charge in [0.25, 0.3) is 11.8 Å². The third-order valence-corrected chi connectivity index (χ3v) is 5.79. The summed E-state index contributed by atoms with van der Waals surface area (Å²) in [6, 6.07) is 3.11. The molecule has 0 aliphatic heterocycles. The van der Waals surface area contributed by atoms with Crippen molar-refractivity contribution in [1.82, 2.24) is 20.6 Å². The molecule has 1 heterocycles. The fourth-order valence-electron chi connectivity index (χ4n) is 3.70. The number of aromatic nitrogens is 2. The van der Waals surface area contributed by atoms with Crippen molar-refractivity contribution < 1.29 is 23.9 Å². The Morgan fingerprint density at radius 1 is 1.06 bits per heavy atom. The van der Waals surface area contributed by atoms with E-state index in [1.165, 1.54) is 27.6 Å². The first kappa shape index (κ1) is 23.4. The van der Waals surface area contributed by atoms with E-state index in [0.29, 0.717) is 47.9 Å². The molecule has 3 amide bonds. The summed E-state index contributed by atoms with van der Waals surface area (Å²) >= 11 is 6.26. The molecule has 0 unspecified atom stereocenters. The quantitative estimate of drug-likeness (QED) is 0.498. The molecule has 1 aliphatic carbocycles. The normalized spacial score (nSPS) is 17.9. The van der Waals surface area contributed by atoms with Crippen molar-refractivity contribution in [1.29, 1.82) is 0 Å². The van der Waals surface area contributed by atoms with Crippen LogP contribution >= 0.6 is 11.6 Å². The molecule has 0 bridgehead atoms. The van der Waals surface area contributed by atoms with Crippen LogP contribution in [-0.4, -0.2) is 55.0 Å². The first-order chi connectivity index (χ1) is 15.4. The van der Waals surface area contributed by atoms with Gasteiger partial charge in [0.1, 0.15) is 5.69 Å². The molecule has 0 radical (unpaired) electrons. The second kappa shape index (κ2) is 10.4. The van der Waals surface area contributed by atoms with E-state index >= 15 is 0 Å². The van der Waals surface area contributed by atoms with Gasteiger partial charge in [0.05, 0.1) is 31.3 Å². The number of nitrogens with one attached hydrogen (secondary N) is 4. The van der Waals surface area contributed by atoms with E-state index in [2.05, 4.69) is 25.9 Å².